The van der Waals surface area contributed by atoms with Crippen molar-refractivity contribution < 1.29 is 5.11 Å². The fourth-order valence-electron chi connectivity index (χ4n) is 2.42. The molecule has 1 aliphatic carbocycles. The molecule has 1 aromatic heterocycles. The molecule has 1 saturated carbocycles. The van der Waals surface area contributed by atoms with Crippen molar-refractivity contribution in [1.29, 1.82) is 0 Å². The predicted molar refractivity (Wildman–Crippen MR) is 64.2 cm³/mol. The van der Waals surface area contributed by atoms with E-state index in [1.165, 1.54) is 0 Å². The van der Waals surface area contributed by atoms with Gasteiger partial charge in [0, 0.05) is 31.5 Å². The Morgan fingerprint density at radius 1 is 1.35 bits per heavy atom. The molecule has 0 unspecified atom stereocenters. The molecule has 92 valence electrons. The van der Waals surface area contributed by atoms with Crippen molar-refractivity contribution in [1.82, 2.24) is 9.55 Å². The monoisotopic (exact) mass is 235 g/mol. The first-order valence-electron chi connectivity index (χ1n) is 6.26. The van der Waals surface area contributed by atoms with Gasteiger partial charge >= 0.3 is 0 Å². The van der Waals surface area contributed by atoms with Crippen LogP contribution in [-0.2, 0) is 0 Å². The minimum absolute atomic E-state index is 0.0101. The molecule has 0 bridgehead atoms. The largest absolute Gasteiger partial charge is 0.391 e. The third-order valence-electron chi connectivity index (χ3n) is 3.49. The zero-order chi connectivity index (χ0) is 11.8. The Morgan fingerprint density at radius 3 is 2.88 bits per heavy atom. The normalized spacial score (nSPS) is 25.0. The van der Waals surface area contributed by atoms with E-state index in [4.69, 9.17) is 0 Å². The summed E-state index contributed by atoms with van der Waals surface area (Å²) in [6.45, 7) is 1.34. The van der Waals surface area contributed by atoms with Crippen molar-refractivity contribution in [2.45, 2.75) is 37.8 Å². The lowest BCUT2D eigenvalue weighted by molar-refractivity contribution is 0.153. The molecule has 0 amide bonds. The zero-order valence-corrected chi connectivity index (χ0v) is 9.75. The van der Waals surface area contributed by atoms with Gasteiger partial charge < -0.3 is 14.6 Å². The predicted octanol–water partition coefficient (Wildman–Crippen LogP) is 0.539. The van der Waals surface area contributed by atoms with Crippen LogP contribution in [0, 0.1) is 0 Å². The van der Waals surface area contributed by atoms with Gasteiger partial charge in [-0.15, -0.1) is 0 Å². The highest BCUT2D eigenvalue weighted by atomic mass is 16.3. The minimum atomic E-state index is -0.334. The van der Waals surface area contributed by atoms with E-state index in [-0.39, 0.29) is 11.7 Å². The van der Waals surface area contributed by atoms with Gasteiger partial charge in [-0.25, -0.2) is 4.98 Å². The summed E-state index contributed by atoms with van der Waals surface area (Å²) < 4.78 is 1.78. The van der Waals surface area contributed by atoms with Crippen LogP contribution in [0.15, 0.2) is 17.2 Å². The Labute approximate surface area is 99.7 Å². The molecule has 2 fully saturated rings. The maximum Gasteiger partial charge on any atom is 0.293 e. The van der Waals surface area contributed by atoms with Gasteiger partial charge in [0.2, 0.25) is 0 Å². The zero-order valence-electron chi connectivity index (χ0n) is 9.75. The Bertz CT molecular complexity index is 467. The summed E-state index contributed by atoms with van der Waals surface area (Å²) in [7, 11) is 0. The van der Waals surface area contributed by atoms with Crippen LogP contribution in [0.1, 0.15) is 31.7 Å². The number of hydrogen-bond acceptors (Lipinski definition) is 4. The summed E-state index contributed by atoms with van der Waals surface area (Å²) in [5, 5.41) is 9.64. The molecule has 2 heterocycles. The van der Waals surface area contributed by atoms with Crippen LogP contribution in [0.4, 0.5) is 5.82 Å². The number of rotatable bonds is 2. The van der Waals surface area contributed by atoms with Gasteiger partial charge in [-0.3, -0.25) is 4.79 Å². The molecule has 0 spiro atoms. The van der Waals surface area contributed by atoms with Gasteiger partial charge in [0.25, 0.3) is 5.56 Å². The highest BCUT2D eigenvalue weighted by Gasteiger charge is 2.27. The van der Waals surface area contributed by atoms with E-state index in [1.807, 2.05) is 4.90 Å². The number of aromatic nitrogens is 2. The molecule has 5 nitrogen and oxygen atoms in total. The van der Waals surface area contributed by atoms with Gasteiger partial charge in [0.1, 0.15) is 0 Å². The minimum Gasteiger partial charge on any atom is -0.391 e. The van der Waals surface area contributed by atoms with E-state index in [2.05, 4.69) is 4.98 Å². The molecule has 0 aromatic carbocycles. The van der Waals surface area contributed by atoms with Crippen LogP contribution in [0.25, 0.3) is 0 Å². The van der Waals surface area contributed by atoms with Crippen LogP contribution in [-0.4, -0.2) is 33.9 Å². The second-order valence-electron chi connectivity index (χ2n) is 4.94. The molecule has 1 aromatic rings. The van der Waals surface area contributed by atoms with Crippen LogP contribution >= 0.6 is 0 Å². The van der Waals surface area contributed by atoms with Crippen molar-refractivity contribution in [3.05, 3.63) is 22.7 Å². The average Bonchev–Trinajstić information content (AvgIpc) is 3.13. The Morgan fingerprint density at radius 2 is 2.18 bits per heavy atom. The Balaban J connectivity index is 1.91. The number of β-amino-alcohol motifs (C(OH)–C–C–N with tert-alkyl or cyclic N) is 1. The van der Waals surface area contributed by atoms with Crippen molar-refractivity contribution in [2.75, 3.05) is 18.0 Å². The van der Waals surface area contributed by atoms with Crippen molar-refractivity contribution in [3.63, 3.8) is 0 Å². The van der Waals surface area contributed by atoms with E-state index in [9.17, 15) is 9.90 Å². The number of aliphatic hydroxyl groups excluding tert-OH is 1. The molecule has 1 saturated heterocycles. The number of piperidine rings is 1. The Hall–Kier alpha value is -1.36. The standard InChI is InChI=1S/C12H17N3O2/c16-10-2-1-6-14(8-10)11-12(17)15(7-5-13-11)9-3-4-9/h5,7,9-10,16H,1-4,6,8H2/t10-/m0/s1. The van der Waals surface area contributed by atoms with Crippen molar-refractivity contribution >= 4 is 5.82 Å². The summed E-state index contributed by atoms with van der Waals surface area (Å²) in [5.74, 6) is 0.498. The molecule has 17 heavy (non-hydrogen) atoms. The third kappa shape index (κ3) is 2.07. The molecule has 3 rings (SSSR count). The van der Waals surface area contributed by atoms with Crippen LogP contribution < -0.4 is 10.5 Å². The number of anilines is 1. The molecule has 0 radical (unpaired) electrons. The number of nitrogens with zero attached hydrogens (tertiary/aromatic N) is 3. The maximum atomic E-state index is 12.2. The lowest BCUT2D eigenvalue weighted by Crippen LogP contribution is -2.42. The quantitative estimate of drug-likeness (QED) is 0.812. The van der Waals surface area contributed by atoms with Crippen molar-refractivity contribution in [3.8, 4) is 0 Å². The smallest absolute Gasteiger partial charge is 0.293 e. The first-order valence-corrected chi connectivity index (χ1v) is 6.26. The number of hydrogen-bond donors (Lipinski definition) is 1. The average molecular weight is 235 g/mol. The first kappa shape index (κ1) is 10.8. The van der Waals surface area contributed by atoms with Gasteiger partial charge in [0.05, 0.1) is 6.10 Å². The lowest BCUT2D eigenvalue weighted by Gasteiger charge is -2.30. The molecule has 1 N–H and O–H groups in total. The van der Waals surface area contributed by atoms with Gasteiger partial charge in [-0.2, -0.15) is 0 Å². The van der Waals surface area contributed by atoms with E-state index < -0.39 is 0 Å². The van der Waals surface area contributed by atoms with Gasteiger partial charge in [-0.1, -0.05) is 0 Å². The summed E-state index contributed by atoms with van der Waals surface area (Å²) in [6, 6.07) is 0.374. The number of aliphatic hydroxyl groups is 1. The van der Waals surface area contributed by atoms with E-state index in [0.717, 1.165) is 32.2 Å². The second kappa shape index (κ2) is 4.14. The Kier molecular flexibility index (Phi) is 2.63. The third-order valence-corrected chi connectivity index (χ3v) is 3.49. The van der Waals surface area contributed by atoms with Crippen molar-refractivity contribution in [2.24, 2.45) is 0 Å². The molecular weight excluding hydrogens is 218 g/mol. The van der Waals surface area contributed by atoms with E-state index >= 15 is 0 Å². The van der Waals surface area contributed by atoms with Crippen LogP contribution in [0.2, 0.25) is 0 Å². The fourth-order valence-corrected chi connectivity index (χ4v) is 2.42. The highest BCUT2D eigenvalue weighted by Crippen LogP contribution is 2.33. The molecule has 5 heteroatoms. The summed E-state index contributed by atoms with van der Waals surface area (Å²) >= 11 is 0. The van der Waals surface area contributed by atoms with Gasteiger partial charge in [-0.05, 0) is 25.7 Å². The summed E-state index contributed by atoms with van der Waals surface area (Å²) in [6.07, 6.45) is 7.04. The lowest BCUT2D eigenvalue weighted by atomic mass is 10.1. The van der Waals surface area contributed by atoms with Crippen LogP contribution in [0.3, 0.4) is 0 Å². The fraction of sp³-hybridized carbons (Fsp3) is 0.667. The van der Waals surface area contributed by atoms with Gasteiger partial charge in [0.15, 0.2) is 5.82 Å². The molecule has 1 aliphatic heterocycles. The van der Waals surface area contributed by atoms with Crippen LogP contribution in [0.5, 0.6) is 0 Å². The SMILES string of the molecule is O=c1c(N2CCC[C@H](O)C2)nccn1C1CC1. The summed E-state index contributed by atoms with van der Waals surface area (Å²) in [4.78, 5) is 18.3. The molecule has 1 atom stereocenters. The summed E-state index contributed by atoms with van der Waals surface area (Å²) in [5.41, 5.74) is -0.0101. The second-order valence-corrected chi connectivity index (χ2v) is 4.94. The first-order chi connectivity index (χ1) is 8.25. The molecule has 2 aliphatic rings. The van der Waals surface area contributed by atoms with E-state index in [1.54, 1.807) is 17.0 Å². The highest BCUT2D eigenvalue weighted by molar-refractivity contribution is 5.36. The van der Waals surface area contributed by atoms with E-state index in [0.29, 0.717) is 18.4 Å². The maximum absolute atomic E-state index is 12.2. The topological polar surface area (TPSA) is 58.4 Å². The molecular formula is C12H17N3O2.